The summed E-state index contributed by atoms with van der Waals surface area (Å²) in [6.45, 7) is 8.11. The maximum atomic E-state index is 12.4. The maximum absolute atomic E-state index is 12.4. The van der Waals surface area contributed by atoms with Gasteiger partial charge in [-0.25, -0.2) is 0 Å². The lowest BCUT2D eigenvalue weighted by molar-refractivity contribution is -0.138. The van der Waals surface area contributed by atoms with E-state index in [9.17, 15) is 4.79 Å². The van der Waals surface area contributed by atoms with E-state index in [4.69, 9.17) is 0 Å². The molecule has 4 heteroatoms. The lowest BCUT2D eigenvalue weighted by Gasteiger charge is -2.46. The fourth-order valence-electron chi connectivity index (χ4n) is 2.71. The zero-order valence-corrected chi connectivity index (χ0v) is 11.3. The Balaban J connectivity index is 1.95. The van der Waals surface area contributed by atoms with Crippen molar-refractivity contribution in [1.82, 2.24) is 15.1 Å². The predicted molar refractivity (Wildman–Crippen MR) is 68.9 cm³/mol. The number of rotatable bonds is 1. The first-order chi connectivity index (χ1) is 8.00. The monoisotopic (exact) mass is 239 g/mol. The van der Waals surface area contributed by atoms with Crippen LogP contribution >= 0.6 is 0 Å². The van der Waals surface area contributed by atoms with E-state index in [0.717, 1.165) is 32.6 Å². The SMILES string of the molecule is CN1CCN(C(=O)[C@@H]2CCCCN2)CC1(C)C. The van der Waals surface area contributed by atoms with Gasteiger partial charge in [0.2, 0.25) is 5.91 Å². The third kappa shape index (κ3) is 2.80. The van der Waals surface area contributed by atoms with Gasteiger partial charge in [0, 0.05) is 25.2 Å². The molecule has 0 bridgehead atoms. The van der Waals surface area contributed by atoms with Crippen LogP contribution < -0.4 is 5.32 Å². The Hall–Kier alpha value is -0.610. The molecular formula is C13H25N3O. The molecule has 0 aromatic carbocycles. The Morgan fingerprint density at radius 1 is 1.29 bits per heavy atom. The van der Waals surface area contributed by atoms with Crippen LogP contribution in [-0.2, 0) is 4.79 Å². The van der Waals surface area contributed by atoms with Crippen LogP contribution in [0.15, 0.2) is 0 Å². The van der Waals surface area contributed by atoms with Crippen molar-refractivity contribution in [1.29, 1.82) is 0 Å². The summed E-state index contributed by atoms with van der Waals surface area (Å²) in [6.07, 6.45) is 3.39. The lowest BCUT2D eigenvalue weighted by Crippen LogP contribution is -2.61. The van der Waals surface area contributed by atoms with Crippen molar-refractivity contribution in [2.24, 2.45) is 0 Å². The zero-order valence-electron chi connectivity index (χ0n) is 11.3. The Labute approximate surface area is 104 Å². The van der Waals surface area contributed by atoms with Gasteiger partial charge >= 0.3 is 0 Å². The van der Waals surface area contributed by atoms with Crippen molar-refractivity contribution < 1.29 is 4.79 Å². The van der Waals surface area contributed by atoms with E-state index in [1.807, 2.05) is 4.90 Å². The third-order valence-corrected chi connectivity index (χ3v) is 4.24. The Morgan fingerprint density at radius 2 is 2.06 bits per heavy atom. The predicted octanol–water partition coefficient (Wildman–Crippen LogP) is 0.681. The average molecular weight is 239 g/mol. The summed E-state index contributed by atoms with van der Waals surface area (Å²) >= 11 is 0. The lowest BCUT2D eigenvalue weighted by atomic mass is 9.97. The number of likely N-dealkylation sites (N-methyl/N-ethyl adjacent to an activating group) is 1. The molecule has 0 radical (unpaired) electrons. The van der Waals surface area contributed by atoms with E-state index in [2.05, 4.69) is 31.1 Å². The minimum atomic E-state index is 0.0722. The number of hydrogen-bond donors (Lipinski definition) is 1. The second-order valence-electron chi connectivity index (χ2n) is 6.00. The first-order valence-electron chi connectivity index (χ1n) is 6.74. The fourth-order valence-corrected chi connectivity index (χ4v) is 2.71. The van der Waals surface area contributed by atoms with E-state index >= 15 is 0 Å². The molecule has 0 aromatic rings. The number of piperidine rings is 1. The molecular weight excluding hydrogens is 214 g/mol. The summed E-state index contributed by atoms with van der Waals surface area (Å²) in [7, 11) is 2.14. The van der Waals surface area contributed by atoms with Crippen molar-refractivity contribution >= 4 is 5.91 Å². The summed E-state index contributed by atoms with van der Waals surface area (Å²) < 4.78 is 0. The number of carbonyl (C=O) groups is 1. The largest absolute Gasteiger partial charge is 0.338 e. The molecule has 17 heavy (non-hydrogen) atoms. The molecule has 0 aromatic heterocycles. The topological polar surface area (TPSA) is 35.6 Å². The number of hydrogen-bond acceptors (Lipinski definition) is 3. The van der Waals surface area contributed by atoms with Crippen molar-refractivity contribution in [3.63, 3.8) is 0 Å². The molecule has 2 heterocycles. The van der Waals surface area contributed by atoms with Crippen LogP contribution in [-0.4, -0.2) is 60.5 Å². The van der Waals surface area contributed by atoms with Crippen LogP contribution in [0.25, 0.3) is 0 Å². The minimum absolute atomic E-state index is 0.0722. The molecule has 0 unspecified atom stereocenters. The molecule has 2 aliphatic heterocycles. The number of nitrogens with one attached hydrogen (secondary N) is 1. The summed E-state index contributed by atoms with van der Waals surface area (Å²) in [4.78, 5) is 16.8. The van der Waals surface area contributed by atoms with Gasteiger partial charge in [-0.3, -0.25) is 9.69 Å². The zero-order chi connectivity index (χ0) is 12.5. The van der Waals surface area contributed by atoms with Gasteiger partial charge in [0.25, 0.3) is 0 Å². The van der Waals surface area contributed by atoms with Gasteiger partial charge in [-0.2, -0.15) is 0 Å². The first kappa shape index (κ1) is 12.8. The third-order valence-electron chi connectivity index (χ3n) is 4.24. The molecule has 2 rings (SSSR count). The second-order valence-corrected chi connectivity index (χ2v) is 6.00. The van der Waals surface area contributed by atoms with Gasteiger partial charge in [0.15, 0.2) is 0 Å². The van der Waals surface area contributed by atoms with Gasteiger partial charge < -0.3 is 10.2 Å². The van der Waals surface area contributed by atoms with E-state index in [1.54, 1.807) is 0 Å². The maximum Gasteiger partial charge on any atom is 0.239 e. The second kappa shape index (κ2) is 4.94. The summed E-state index contributed by atoms with van der Waals surface area (Å²) in [5.74, 6) is 0.311. The highest BCUT2D eigenvalue weighted by atomic mass is 16.2. The molecule has 1 N–H and O–H groups in total. The van der Waals surface area contributed by atoms with Crippen LogP contribution in [0.5, 0.6) is 0 Å². The highest BCUT2D eigenvalue weighted by Gasteiger charge is 2.35. The quantitative estimate of drug-likeness (QED) is 0.731. The van der Waals surface area contributed by atoms with E-state index in [1.165, 1.54) is 12.8 Å². The van der Waals surface area contributed by atoms with Crippen LogP contribution in [0, 0.1) is 0 Å². The Bertz CT molecular complexity index is 284. The van der Waals surface area contributed by atoms with Crippen molar-refractivity contribution in [3.8, 4) is 0 Å². The van der Waals surface area contributed by atoms with Gasteiger partial charge in [-0.15, -0.1) is 0 Å². The molecule has 2 aliphatic rings. The number of piperazine rings is 1. The van der Waals surface area contributed by atoms with Gasteiger partial charge in [0.1, 0.15) is 0 Å². The standard InChI is InChI=1S/C13H25N3O/c1-13(2)10-16(9-8-15(13)3)12(17)11-6-4-5-7-14-11/h11,14H,4-10H2,1-3H3/t11-/m0/s1. The summed E-state index contributed by atoms with van der Waals surface area (Å²) in [5.41, 5.74) is 0.0998. The number of nitrogens with zero attached hydrogens (tertiary/aromatic N) is 2. The Morgan fingerprint density at radius 3 is 2.65 bits per heavy atom. The van der Waals surface area contributed by atoms with Crippen molar-refractivity contribution in [3.05, 3.63) is 0 Å². The molecule has 0 aliphatic carbocycles. The molecule has 2 fully saturated rings. The van der Waals surface area contributed by atoms with E-state index in [-0.39, 0.29) is 11.6 Å². The molecule has 0 saturated carbocycles. The molecule has 2 saturated heterocycles. The van der Waals surface area contributed by atoms with Crippen LogP contribution in [0.2, 0.25) is 0 Å². The molecule has 1 atom stereocenters. The highest BCUT2D eigenvalue weighted by molar-refractivity contribution is 5.82. The summed E-state index contributed by atoms with van der Waals surface area (Å²) in [5, 5.41) is 3.35. The molecule has 98 valence electrons. The van der Waals surface area contributed by atoms with Crippen LogP contribution in [0.3, 0.4) is 0 Å². The highest BCUT2D eigenvalue weighted by Crippen LogP contribution is 2.20. The van der Waals surface area contributed by atoms with Gasteiger partial charge in [-0.05, 0) is 40.3 Å². The molecule has 4 nitrogen and oxygen atoms in total. The van der Waals surface area contributed by atoms with E-state index in [0.29, 0.717) is 5.91 Å². The van der Waals surface area contributed by atoms with Gasteiger partial charge in [-0.1, -0.05) is 6.42 Å². The Kier molecular flexibility index (Phi) is 3.73. The molecule has 0 spiro atoms. The van der Waals surface area contributed by atoms with Crippen LogP contribution in [0.4, 0.5) is 0 Å². The van der Waals surface area contributed by atoms with E-state index < -0.39 is 0 Å². The number of carbonyl (C=O) groups excluding carboxylic acids is 1. The number of amides is 1. The van der Waals surface area contributed by atoms with Crippen LogP contribution in [0.1, 0.15) is 33.1 Å². The molecule has 1 amide bonds. The first-order valence-corrected chi connectivity index (χ1v) is 6.74. The summed E-state index contributed by atoms with van der Waals surface area (Å²) in [6, 6.07) is 0.0722. The fraction of sp³-hybridized carbons (Fsp3) is 0.923. The normalized spacial score (nSPS) is 30.3. The van der Waals surface area contributed by atoms with Crippen molar-refractivity contribution in [2.75, 3.05) is 33.2 Å². The van der Waals surface area contributed by atoms with Crippen molar-refractivity contribution in [2.45, 2.75) is 44.7 Å². The minimum Gasteiger partial charge on any atom is -0.338 e. The smallest absolute Gasteiger partial charge is 0.239 e. The average Bonchev–Trinajstić information content (AvgIpc) is 2.33. The van der Waals surface area contributed by atoms with Gasteiger partial charge in [0.05, 0.1) is 6.04 Å².